The van der Waals surface area contributed by atoms with Crippen molar-refractivity contribution in [3.05, 3.63) is 49.2 Å². The van der Waals surface area contributed by atoms with Crippen LogP contribution in [-0.4, -0.2) is 15.0 Å². The number of anilines is 1. The van der Waals surface area contributed by atoms with Crippen molar-refractivity contribution in [2.24, 2.45) is 0 Å². The summed E-state index contributed by atoms with van der Waals surface area (Å²) in [6.07, 6.45) is 4.60. The van der Waals surface area contributed by atoms with E-state index in [0.29, 0.717) is 34.1 Å². The highest BCUT2D eigenvalue weighted by Gasteiger charge is 2.15. The summed E-state index contributed by atoms with van der Waals surface area (Å²) >= 11 is 0. The van der Waals surface area contributed by atoms with E-state index in [4.69, 9.17) is 14.6 Å². The molecule has 0 aliphatic rings. The SMILES string of the molecule is Nc1ncnc2nc(-c3ccco3)cc(-c3ccco3)c12. The lowest BCUT2D eigenvalue weighted by Gasteiger charge is -2.07. The number of nitrogen functional groups attached to an aromatic ring is 1. The number of pyridine rings is 1. The summed E-state index contributed by atoms with van der Waals surface area (Å²) in [5.41, 5.74) is 7.93. The van der Waals surface area contributed by atoms with Crippen LogP contribution < -0.4 is 5.73 Å². The van der Waals surface area contributed by atoms with E-state index in [9.17, 15) is 0 Å². The van der Waals surface area contributed by atoms with Crippen LogP contribution in [-0.2, 0) is 0 Å². The molecule has 4 aromatic rings. The maximum atomic E-state index is 5.98. The average molecular weight is 278 g/mol. The number of fused-ring (bicyclic) bond motifs is 1. The zero-order chi connectivity index (χ0) is 14.2. The van der Waals surface area contributed by atoms with Crippen molar-refractivity contribution >= 4 is 16.9 Å². The minimum Gasteiger partial charge on any atom is -0.464 e. The standard InChI is InChI=1S/C15H10N4O2/c16-14-13-9(11-3-1-5-20-11)7-10(12-4-2-6-21-12)19-15(13)18-8-17-14/h1-8H,(H2,16,17,18,19). The monoisotopic (exact) mass is 278 g/mol. The van der Waals surface area contributed by atoms with Crippen molar-refractivity contribution in [1.82, 2.24) is 15.0 Å². The number of aromatic nitrogens is 3. The molecule has 102 valence electrons. The lowest BCUT2D eigenvalue weighted by molar-refractivity contribution is 0.579. The van der Waals surface area contributed by atoms with Gasteiger partial charge in [-0.3, -0.25) is 0 Å². The van der Waals surface area contributed by atoms with E-state index >= 15 is 0 Å². The minimum atomic E-state index is 0.366. The van der Waals surface area contributed by atoms with E-state index < -0.39 is 0 Å². The number of rotatable bonds is 2. The third kappa shape index (κ3) is 1.85. The highest BCUT2D eigenvalue weighted by Crippen LogP contribution is 2.33. The maximum absolute atomic E-state index is 5.98. The van der Waals surface area contributed by atoms with Gasteiger partial charge in [-0.25, -0.2) is 15.0 Å². The van der Waals surface area contributed by atoms with Crippen LogP contribution in [0.1, 0.15) is 0 Å². The van der Waals surface area contributed by atoms with E-state index in [-0.39, 0.29) is 0 Å². The van der Waals surface area contributed by atoms with Gasteiger partial charge in [0.05, 0.1) is 17.9 Å². The van der Waals surface area contributed by atoms with Gasteiger partial charge in [0.2, 0.25) is 0 Å². The fourth-order valence-electron chi connectivity index (χ4n) is 2.26. The second-order valence-corrected chi connectivity index (χ2v) is 4.47. The molecular weight excluding hydrogens is 268 g/mol. The fourth-order valence-corrected chi connectivity index (χ4v) is 2.26. The first-order valence-corrected chi connectivity index (χ1v) is 6.32. The van der Waals surface area contributed by atoms with E-state index in [0.717, 1.165) is 5.56 Å². The summed E-state index contributed by atoms with van der Waals surface area (Å²) in [7, 11) is 0. The minimum absolute atomic E-state index is 0.366. The van der Waals surface area contributed by atoms with Crippen LogP contribution in [0.15, 0.2) is 58.0 Å². The van der Waals surface area contributed by atoms with Crippen LogP contribution in [0.4, 0.5) is 5.82 Å². The molecule has 4 rings (SSSR count). The second kappa shape index (κ2) is 4.45. The molecule has 0 amide bonds. The van der Waals surface area contributed by atoms with Crippen LogP contribution >= 0.6 is 0 Å². The molecule has 2 N–H and O–H groups in total. The lowest BCUT2D eigenvalue weighted by atomic mass is 10.1. The highest BCUT2D eigenvalue weighted by atomic mass is 16.3. The normalized spacial score (nSPS) is 11.0. The van der Waals surface area contributed by atoms with Gasteiger partial charge in [-0.1, -0.05) is 0 Å². The summed E-state index contributed by atoms with van der Waals surface area (Å²) < 4.78 is 10.9. The van der Waals surface area contributed by atoms with Gasteiger partial charge in [0.1, 0.15) is 23.6 Å². The topological polar surface area (TPSA) is 91.0 Å². The molecule has 4 heterocycles. The first kappa shape index (κ1) is 11.7. The Balaban J connectivity index is 2.09. The van der Waals surface area contributed by atoms with Crippen LogP contribution in [0, 0.1) is 0 Å². The predicted octanol–water partition coefficient (Wildman–Crippen LogP) is 3.13. The first-order chi connectivity index (χ1) is 10.3. The van der Waals surface area contributed by atoms with Crippen molar-refractivity contribution < 1.29 is 8.83 Å². The van der Waals surface area contributed by atoms with E-state index in [1.807, 2.05) is 30.3 Å². The molecule has 21 heavy (non-hydrogen) atoms. The molecule has 0 aliphatic carbocycles. The zero-order valence-corrected chi connectivity index (χ0v) is 10.9. The van der Waals surface area contributed by atoms with Gasteiger partial charge >= 0.3 is 0 Å². The molecule has 0 unspecified atom stereocenters. The zero-order valence-electron chi connectivity index (χ0n) is 10.9. The lowest BCUT2D eigenvalue weighted by Crippen LogP contribution is -1.98. The quantitative estimate of drug-likeness (QED) is 0.605. The molecule has 0 radical (unpaired) electrons. The smallest absolute Gasteiger partial charge is 0.166 e. The van der Waals surface area contributed by atoms with Gasteiger partial charge < -0.3 is 14.6 Å². The Bertz CT molecular complexity index is 899. The maximum Gasteiger partial charge on any atom is 0.166 e. The number of hydrogen-bond acceptors (Lipinski definition) is 6. The van der Waals surface area contributed by atoms with Gasteiger partial charge in [0.15, 0.2) is 11.4 Å². The Hall–Kier alpha value is -3.15. The molecule has 6 nitrogen and oxygen atoms in total. The Kier molecular flexibility index (Phi) is 2.47. The molecule has 0 bridgehead atoms. The van der Waals surface area contributed by atoms with Crippen molar-refractivity contribution in [3.8, 4) is 22.8 Å². The molecule has 0 saturated carbocycles. The molecule has 0 atom stereocenters. The Morgan fingerprint density at radius 2 is 1.71 bits per heavy atom. The van der Waals surface area contributed by atoms with Crippen LogP contribution in [0.3, 0.4) is 0 Å². The van der Waals surface area contributed by atoms with Gasteiger partial charge in [-0.2, -0.15) is 0 Å². The van der Waals surface area contributed by atoms with E-state index in [1.54, 1.807) is 12.5 Å². The number of nitrogens with zero attached hydrogens (tertiary/aromatic N) is 3. The summed E-state index contributed by atoms with van der Waals surface area (Å²) in [5.74, 6) is 1.70. The van der Waals surface area contributed by atoms with Gasteiger partial charge in [0.25, 0.3) is 0 Å². The summed E-state index contributed by atoms with van der Waals surface area (Å²) in [6.45, 7) is 0. The molecule has 0 saturated heterocycles. The van der Waals surface area contributed by atoms with Crippen LogP contribution in [0.5, 0.6) is 0 Å². The average Bonchev–Trinajstić information content (AvgIpc) is 3.20. The summed E-state index contributed by atoms with van der Waals surface area (Å²) in [6, 6.07) is 9.17. The molecule has 0 aromatic carbocycles. The largest absolute Gasteiger partial charge is 0.464 e. The number of furan rings is 2. The molecule has 0 aliphatic heterocycles. The second-order valence-electron chi connectivity index (χ2n) is 4.47. The molecule has 0 spiro atoms. The van der Waals surface area contributed by atoms with Crippen molar-refractivity contribution in [1.29, 1.82) is 0 Å². The third-order valence-corrected chi connectivity index (χ3v) is 3.19. The fraction of sp³-hybridized carbons (Fsp3) is 0. The third-order valence-electron chi connectivity index (χ3n) is 3.19. The molecule has 4 aromatic heterocycles. The van der Waals surface area contributed by atoms with Crippen molar-refractivity contribution in [3.63, 3.8) is 0 Å². The van der Waals surface area contributed by atoms with Crippen molar-refractivity contribution in [2.75, 3.05) is 5.73 Å². The molecule has 6 heteroatoms. The van der Waals surface area contributed by atoms with Crippen molar-refractivity contribution in [2.45, 2.75) is 0 Å². The van der Waals surface area contributed by atoms with Gasteiger partial charge in [0, 0.05) is 5.56 Å². The molecule has 0 fully saturated rings. The summed E-state index contributed by atoms with van der Waals surface area (Å²) in [4.78, 5) is 12.7. The molecular formula is C15H10N4O2. The van der Waals surface area contributed by atoms with Gasteiger partial charge in [-0.05, 0) is 30.3 Å². The first-order valence-electron chi connectivity index (χ1n) is 6.32. The van der Waals surface area contributed by atoms with Crippen LogP contribution in [0.2, 0.25) is 0 Å². The Morgan fingerprint density at radius 1 is 0.952 bits per heavy atom. The number of nitrogens with two attached hydrogens (primary N) is 1. The number of hydrogen-bond donors (Lipinski definition) is 1. The predicted molar refractivity (Wildman–Crippen MR) is 77.1 cm³/mol. The highest BCUT2D eigenvalue weighted by molar-refractivity contribution is 5.99. The van der Waals surface area contributed by atoms with Crippen LogP contribution in [0.25, 0.3) is 33.8 Å². The Labute approximate surface area is 119 Å². The van der Waals surface area contributed by atoms with Gasteiger partial charge in [-0.15, -0.1) is 0 Å². The van der Waals surface area contributed by atoms with E-state index in [2.05, 4.69) is 15.0 Å². The Morgan fingerprint density at radius 3 is 2.43 bits per heavy atom. The summed E-state index contributed by atoms with van der Waals surface area (Å²) in [5, 5.41) is 0.669. The van der Waals surface area contributed by atoms with E-state index in [1.165, 1.54) is 6.33 Å².